The number of esters is 1. The predicted molar refractivity (Wildman–Crippen MR) is 111 cm³/mol. The first-order valence-electron chi connectivity index (χ1n) is 9.78. The number of anilines is 1. The summed E-state index contributed by atoms with van der Waals surface area (Å²) in [6.45, 7) is 0.0756. The lowest BCUT2D eigenvalue weighted by molar-refractivity contribution is -0.122. The third-order valence-corrected chi connectivity index (χ3v) is 5.11. The Morgan fingerprint density at radius 3 is 2.56 bits per heavy atom. The van der Waals surface area contributed by atoms with Crippen LogP contribution in [0.2, 0.25) is 0 Å². The molecule has 0 N–H and O–H groups in total. The second-order valence-electron chi connectivity index (χ2n) is 7.10. The summed E-state index contributed by atoms with van der Waals surface area (Å²) in [5, 5.41) is 0. The maximum absolute atomic E-state index is 13.3. The molecule has 0 saturated carbocycles. The summed E-state index contributed by atoms with van der Waals surface area (Å²) in [6, 6.07) is 11.5. The summed E-state index contributed by atoms with van der Waals surface area (Å²) < 4.78 is 9.90. The average Bonchev–Trinajstić information content (AvgIpc) is 3.45. The van der Waals surface area contributed by atoms with Gasteiger partial charge < -0.3 is 14.1 Å². The molecule has 4 rings (SSSR count). The molecule has 1 saturated heterocycles. The van der Waals surface area contributed by atoms with Gasteiger partial charge in [0, 0.05) is 18.9 Å². The Labute approximate surface area is 183 Å². The molecular formula is C23H19N3O6. The van der Waals surface area contributed by atoms with Crippen LogP contribution >= 0.6 is 0 Å². The van der Waals surface area contributed by atoms with Crippen LogP contribution in [-0.2, 0) is 20.9 Å². The fourth-order valence-corrected chi connectivity index (χ4v) is 3.55. The topological polar surface area (TPSA) is 110 Å². The van der Waals surface area contributed by atoms with Crippen LogP contribution in [-0.4, -0.2) is 46.7 Å². The number of furan rings is 1. The van der Waals surface area contributed by atoms with Crippen LogP contribution in [0, 0.1) is 0 Å². The highest BCUT2D eigenvalue weighted by Gasteiger charge is 2.45. The van der Waals surface area contributed by atoms with E-state index in [1.54, 1.807) is 30.6 Å². The second-order valence-corrected chi connectivity index (χ2v) is 7.10. The van der Waals surface area contributed by atoms with Gasteiger partial charge in [0.05, 0.1) is 31.0 Å². The predicted octanol–water partition coefficient (Wildman–Crippen LogP) is 2.44. The maximum atomic E-state index is 13.3. The van der Waals surface area contributed by atoms with E-state index in [0.717, 1.165) is 4.90 Å². The van der Waals surface area contributed by atoms with Crippen molar-refractivity contribution in [1.82, 2.24) is 9.88 Å². The molecule has 0 bridgehead atoms. The molecule has 9 nitrogen and oxygen atoms in total. The van der Waals surface area contributed by atoms with Crippen LogP contribution in [0.3, 0.4) is 0 Å². The molecule has 1 aliphatic heterocycles. The molecule has 1 atom stereocenters. The number of carbonyl (C=O) groups is 4. The molecule has 1 unspecified atom stereocenters. The lowest BCUT2D eigenvalue weighted by Crippen LogP contribution is -2.45. The summed E-state index contributed by atoms with van der Waals surface area (Å²) in [5.41, 5.74) is 1.30. The number of hydrogen-bond acceptors (Lipinski definition) is 7. The van der Waals surface area contributed by atoms with Crippen LogP contribution in [0.4, 0.5) is 5.69 Å². The summed E-state index contributed by atoms with van der Waals surface area (Å²) in [5.74, 6) is -1.96. The number of ether oxygens (including phenoxy) is 1. The third-order valence-electron chi connectivity index (χ3n) is 5.11. The molecular weight excluding hydrogens is 414 g/mol. The molecule has 0 spiro atoms. The van der Waals surface area contributed by atoms with Gasteiger partial charge in [0.25, 0.3) is 11.8 Å². The monoisotopic (exact) mass is 433 g/mol. The fraction of sp³-hybridized carbons (Fsp3) is 0.174. The van der Waals surface area contributed by atoms with Gasteiger partial charge in [-0.05, 0) is 48.0 Å². The summed E-state index contributed by atoms with van der Waals surface area (Å²) >= 11 is 0. The Bertz CT molecular complexity index is 1140. The van der Waals surface area contributed by atoms with E-state index < -0.39 is 29.7 Å². The summed E-state index contributed by atoms with van der Waals surface area (Å²) in [7, 11) is 1.27. The third kappa shape index (κ3) is 4.00. The number of methoxy groups -OCH3 is 1. The van der Waals surface area contributed by atoms with Crippen molar-refractivity contribution in [2.45, 2.75) is 19.0 Å². The van der Waals surface area contributed by atoms with Crippen LogP contribution in [0.5, 0.6) is 0 Å². The molecule has 3 amide bonds. The van der Waals surface area contributed by atoms with Crippen LogP contribution < -0.4 is 4.90 Å². The minimum Gasteiger partial charge on any atom is -0.465 e. The van der Waals surface area contributed by atoms with Gasteiger partial charge in [-0.1, -0.05) is 6.07 Å². The Kier molecular flexibility index (Phi) is 5.80. The molecule has 3 heterocycles. The number of pyridine rings is 1. The van der Waals surface area contributed by atoms with E-state index in [1.165, 1.54) is 48.6 Å². The Balaban J connectivity index is 1.63. The minimum absolute atomic E-state index is 0.0648. The number of hydrogen-bond donors (Lipinski definition) is 0. The van der Waals surface area contributed by atoms with Crippen LogP contribution in [0.15, 0.2) is 71.6 Å². The van der Waals surface area contributed by atoms with Gasteiger partial charge in [0.15, 0.2) is 5.76 Å². The van der Waals surface area contributed by atoms with Crippen molar-refractivity contribution >= 4 is 29.4 Å². The van der Waals surface area contributed by atoms with Gasteiger partial charge in [0.2, 0.25) is 5.91 Å². The maximum Gasteiger partial charge on any atom is 0.337 e. The van der Waals surface area contributed by atoms with E-state index in [9.17, 15) is 19.2 Å². The normalized spacial score (nSPS) is 15.7. The molecule has 9 heteroatoms. The number of amides is 3. The number of aromatic nitrogens is 1. The molecule has 1 aliphatic rings. The van der Waals surface area contributed by atoms with E-state index in [-0.39, 0.29) is 24.3 Å². The molecule has 2 aromatic heterocycles. The van der Waals surface area contributed by atoms with E-state index in [2.05, 4.69) is 9.72 Å². The number of benzene rings is 1. The van der Waals surface area contributed by atoms with Gasteiger partial charge in [-0.2, -0.15) is 0 Å². The van der Waals surface area contributed by atoms with Crippen molar-refractivity contribution in [3.05, 3.63) is 84.1 Å². The molecule has 1 aromatic carbocycles. The van der Waals surface area contributed by atoms with Crippen molar-refractivity contribution in [3.8, 4) is 0 Å². The molecule has 1 fully saturated rings. The molecule has 0 aliphatic carbocycles. The highest BCUT2D eigenvalue weighted by Crippen LogP contribution is 2.28. The molecule has 162 valence electrons. The first-order chi connectivity index (χ1) is 15.5. The van der Waals surface area contributed by atoms with E-state index in [1.807, 2.05) is 0 Å². The smallest absolute Gasteiger partial charge is 0.337 e. The highest BCUT2D eigenvalue weighted by molar-refractivity contribution is 6.23. The zero-order valence-corrected chi connectivity index (χ0v) is 17.1. The Hall–Kier alpha value is -4.27. The largest absolute Gasteiger partial charge is 0.465 e. The van der Waals surface area contributed by atoms with Gasteiger partial charge in [-0.3, -0.25) is 19.4 Å². The number of carbonyl (C=O) groups excluding carboxylic acids is 4. The zero-order chi connectivity index (χ0) is 22.7. The highest BCUT2D eigenvalue weighted by atomic mass is 16.5. The zero-order valence-electron chi connectivity index (χ0n) is 17.1. The molecule has 32 heavy (non-hydrogen) atoms. The van der Waals surface area contributed by atoms with Crippen molar-refractivity contribution < 1.29 is 28.3 Å². The van der Waals surface area contributed by atoms with Crippen LogP contribution in [0.1, 0.15) is 32.9 Å². The van der Waals surface area contributed by atoms with E-state index in [4.69, 9.17) is 4.42 Å². The van der Waals surface area contributed by atoms with Crippen molar-refractivity contribution in [3.63, 3.8) is 0 Å². The number of nitrogens with zero attached hydrogens (tertiary/aromatic N) is 3. The van der Waals surface area contributed by atoms with Crippen molar-refractivity contribution in [1.29, 1.82) is 0 Å². The van der Waals surface area contributed by atoms with Crippen molar-refractivity contribution in [2.75, 3.05) is 12.0 Å². The number of imide groups is 1. The van der Waals surface area contributed by atoms with Gasteiger partial charge in [-0.15, -0.1) is 0 Å². The van der Waals surface area contributed by atoms with Crippen molar-refractivity contribution in [2.24, 2.45) is 0 Å². The fourth-order valence-electron chi connectivity index (χ4n) is 3.55. The first kappa shape index (κ1) is 21.0. The average molecular weight is 433 g/mol. The molecule has 3 aromatic rings. The van der Waals surface area contributed by atoms with E-state index >= 15 is 0 Å². The van der Waals surface area contributed by atoms with Gasteiger partial charge in [-0.25, -0.2) is 9.69 Å². The lowest BCUT2D eigenvalue weighted by Gasteiger charge is -2.27. The van der Waals surface area contributed by atoms with Crippen LogP contribution in [0.25, 0.3) is 0 Å². The number of rotatable bonds is 6. The van der Waals surface area contributed by atoms with E-state index in [0.29, 0.717) is 11.3 Å². The second kappa shape index (κ2) is 8.84. The summed E-state index contributed by atoms with van der Waals surface area (Å²) in [6.07, 6.45) is 4.38. The Morgan fingerprint density at radius 1 is 1.16 bits per heavy atom. The van der Waals surface area contributed by atoms with Gasteiger partial charge >= 0.3 is 5.97 Å². The molecule has 0 radical (unpaired) electrons. The van der Waals surface area contributed by atoms with Gasteiger partial charge in [0.1, 0.15) is 6.04 Å². The lowest BCUT2D eigenvalue weighted by atomic mass is 10.1. The minimum atomic E-state index is -1.01. The standard InChI is InChI=1S/C23H19N3O6/c1-31-23(30)16-6-8-17(9-7-16)26-20(27)12-18(21(26)28)25(14-15-4-2-10-24-13-15)22(29)19-5-3-11-32-19/h2-11,13,18H,12,14H2,1H3. The quantitative estimate of drug-likeness (QED) is 0.434. The summed E-state index contributed by atoms with van der Waals surface area (Å²) in [4.78, 5) is 57.2. The Morgan fingerprint density at radius 2 is 1.94 bits per heavy atom. The SMILES string of the molecule is COC(=O)c1ccc(N2C(=O)CC(N(Cc3cccnc3)C(=O)c3ccco3)C2=O)cc1. The first-order valence-corrected chi connectivity index (χ1v) is 9.78.